The topological polar surface area (TPSA) is 109 Å². The lowest BCUT2D eigenvalue weighted by Gasteiger charge is -2.32. The quantitative estimate of drug-likeness (QED) is 0.302. The number of aromatic nitrogens is 2. The zero-order chi connectivity index (χ0) is 31.1. The van der Waals surface area contributed by atoms with Gasteiger partial charge < -0.3 is 20.1 Å². The number of piperidine rings is 1. The summed E-state index contributed by atoms with van der Waals surface area (Å²) in [5, 5.41) is 7.31. The molecular formula is C32H38Cl2N6O4. The minimum atomic E-state index is -0.391. The minimum absolute atomic E-state index is 0.0133. The van der Waals surface area contributed by atoms with Crippen molar-refractivity contribution >= 4 is 35.1 Å². The molecule has 0 radical (unpaired) electrons. The molecule has 44 heavy (non-hydrogen) atoms. The Morgan fingerprint density at radius 1 is 0.955 bits per heavy atom. The number of amides is 1. The predicted molar refractivity (Wildman–Crippen MR) is 170 cm³/mol. The maximum Gasteiger partial charge on any atom is 0.330 e. The number of nitrogens with one attached hydrogen (secondary N) is 2. The molecule has 1 amide bonds. The van der Waals surface area contributed by atoms with E-state index in [0.717, 1.165) is 81.9 Å². The first kappa shape index (κ1) is 32.1. The van der Waals surface area contributed by atoms with Crippen LogP contribution in [0.2, 0.25) is 10.0 Å². The molecule has 234 valence electrons. The molecule has 0 spiro atoms. The third-order valence-electron chi connectivity index (χ3n) is 7.99. The summed E-state index contributed by atoms with van der Waals surface area (Å²) in [5.41, 5.74) is 2.86. The molecule has 1 unspecified atom stereocenters. The summed E-state index contributed by atoms with van der Waals surface area (Å²) < 4.78 is 11.6. The zero-order valence-electron chi connectivity index (χ0n) is 25.0. The normalized spacial score (nSPS) is 17.2. The molecule has 1 aromatic heterocycles. The standard InChI is InChI=1S/C32H38Cl2N6O4/c1-21(40-9-5-35-6-10-40)31(42)44-32-37-18-30(19-38-32)43-29-12-24(11-25(15-29)26-13-27(33)16-28(34)14-26)20-39-7-3-23(4-8-39)17-36-22(2)41/h11-16,18-19,21,23,35H,3-10,17,20H2,1-2H3,(H,36,41). The monoisotopic (exact) mass is 640 g/mol. The van der Waals surface area contributed by atoms with Crippen molar-refractivity contribution in [3.63, 3.8) is 0 Å². The number of nitrogens with zero attached hydrogens (tertiary/aromatic N) is 4. The van der Waals surface area contributed by atoms with Crippen LogP contribution in [-0.2, 0) is 16.1 Å². The van der Waals surface area contributed by atoms with Crippen molar-refractivity contribution in [2.45, 2.75) is 39.3 Å². The average molecular weight is 642 g/mol. The van der Waals surface area contributed by atoms with Crippen molar-refractivity contribution in [1.29, 1.82) is 0 Å². The van der Waals surface area contributed by atoms with Gasteiger partial charge in [0.05, 0.1) is 12.4 Å². The van der Waals surface area contributed by atoms with Gasteiger partial charge in [0.2, 0.25) is 5.91 Å². The van der Waals surface area contributed by atoms with E-state index in [2.05, 4.69) is 36.5 Å². The maximum atomic E-state index is 12.7. The third-order valence-corrected chi connectivity index (χ3v) is 8.42. The molecule has 1 atom stereocenters. The number of halogens is 2. The highest BCUT2D eigenvalue weighted by molar-refractivity contribution is 6.35. The zero-order valence-corrected chi connectivity index (χ0v) is 26.5. The Hall–Kier alpha value is -3.28. The van der Waals surface area contributed by atoms with Crippen LogP contribution in [-0.4, -0.2) is 83.5 Å². The predicted octanol–water partition coefficient (Wildman–Crippen LogP) is 4.79. The SMILES string of the molecule is CC(=O)NCC1CCN(Cc2cc(Oc3cnc(OC(=O)C(C)N4CCNCC4)nc3)cc(-c3cc(Cl)cc(Cl)c3)c2)CC1. The molecule has 2 aliphatic heterocycles. The molecule has 2 N–H and O–H groups in total. The first-order chi connectivity index (χ1) is 21.2. The highest BCUT2D eigenvalue weighted by atomic mass is 35.5. The second-order valence-electron chi connectivity index (χ2n) is 11.4. The summed E-state index contributed by atoms with van der Waals surface area (Å²) in [6.07, 6.45) is 5.03. The molecular weight excluding hydrogens is 603 g/mol. The molecule has 3 aromatic rings. The largest absolute Gasteiger partial charge is 0.454 e. The summed E-state index contributed by atoms with van der Waals surface area (Å²) in [5.74, 6) is 1.12. The molecule has 2 aliphatic rings. The number of carbonyl (C=O) groups excluding carboxylic acids is 2. The van der Waals surface area contributed by atoms with E-state index in [9.17, 15) is 9.59 Å². The number of carbonyl (C=O) groups is 2. The summed E-state index contributed by atoms with van der Waals surface area (Å²) in [6.45, 7) is 9.97. The van der Waals surface area contributed by atoms with E-state index in [4.69, 9.17) is 32.7 Å². The summed E-state index contributed by atoms with van der Waals surface area (Å²) in [4.78, 5) is 36.9. The fourth-order valence-corrected chi connectivity index (χ4v) is 6.06. The first-order valence-electron chi connectivity index (χ1n) is 15.0. The number of benzene rings is 2. The Morgan fingerprint density at radius 3 is 2.27 bits per heavy atom. The van der Waals surface area contributed by atoms with Gasteiger partial charge in [0.1, 0.15) is 11.8 Å². The summed E-state index contributed by atoms with van der Waals surface area (Å²) in [6, 6.07) is 11.1. The molecule has 0 aliphatic carbocycles. The second-order valence-corrected chi connectivity index (χ2v) is 12.2. The molecule has 2 aromatic carbocycles. The summed E-state index contributed by atoms with van der Waals surface area (Å²) in [7, 11) is 0. The first-order valence-corrected chi connectivity index (χ1v) is 15.7. The van der Waals surface area contributed by atoms with Gasteiger partial charge in [-0.25, -0.2) is 4.79 Å². The molecule has 12 heteroatoms. The van der Waals surface area contributed by atoms with Crippen LogP contribution >= 0.6 is 23.2 Å². The highest BCUT2D eigenvalue weighted by Crippen LogP contribution is 2.33. The van der Waals surface area contributed by atoms with Gasteiger partial charge in [-0.05, 0) is 91.9 Å². The number of rotatable bonds is 10. The Morgan fingerprint density at radius 2 is 1.61 bits per heavy atom. The van der Waals surface area contributed by atoms with Crippen molar-refractivity contribution in [3.8, 4) is 28.6 Å². The fraction of sp³-hybridized carbons (Fsp3) is 0.438. The van der Waals surface area contributed by atoms with E-state index >= 15 is 0 Å². The van der Waals surface area contributed by atoms with Crippen molar-refractivity contribution in [2.75, 3.05) is 45.8 Å². The Bertz CT molecular complexity index is 1420. The lowest BCUT2D eigenvalue weighted by molar-refractivity contribution is -0.140. The second kappa shape index (κ2) is 15.1. The van der Waals surface area contributed by atoms with E-state index in [1.807, 2.05) is 31.2 Å². The number of piperazine rings is 1. The Balaban J connectivity index is 1.28. The average Bonchev–Trinajstić information content (AvgIpc) is 3.01. The lowest BCUT2D eigenvalue weighted by Crippen LogP contribution is -2.51. The van der Waals surface area contributed by atoms with E-state index in [1.165, 1.54) is 12.4 Å². The molecule has 5 rings (SSSR count). The van der Waals surface area contributed by atoms with Crippen LogP contribution in [0.3, 0.4) is 0 Å². The number of ether oxygens (including phenoxy) is 2. The highest BCUT2D eigenvalue weighted by Gasteiger charge is 2.25. The number of esters is 1. The van der Waals surface area contributed by atoms with Gasteiger partial charge in [-0.3, -0.25) is 14.6 Å². The minimum Gasteiger partial charge on any atom is -0.454 e. The number of hydrogen-bond donors (Lipinski definition) is 2. The van der Waals surface area contributed by atoms with Gasteiger partial charge >= 0.3 is 12.0 Å². The third kappa shape index (κ3) is 9.12. The van der Waals surface area contributed by atoms with Crippen LogP contribution in [0.5, 0.6) is 17.5 Å². The van der Waals surface area contributed by atoms with Gasteiger partial charge in [-0.15, -0.1) is 0 Å². The van der Waals surface area contributed by atoms with Crippen molar-refractivity contribution < 1.29 is 19.1 Å². The van der Waals surface area contributed by atoms with Crippen LogP contribution in [0.15, 0.2) is 48.8 Å². The van der Waals surface area contributed by atoms with Gasteiger partial charge in [0.15, 0.2) is 5.75 Å². The van der Waals surface area contributed by atoms with Gasteiger partial charge in [-0.2, -0.15) is 9.97 Å². The Kier molecular flexibility index (Phi) is 11.1. The van der Waals surface area contributed by atoms with E-state index in [-0.39, 0.29) is 18.0 Å². The molecule has 10 nitrogen and oxygen atoms in total. The fourth-order valence-electron chi connectivity index (χ4n) is 5.53. The number of hydrogen-bond acceptors (Lipinski definition) is 9. The van der Waals surface area contributed by atoms with E-state index in [0.29, 0.717) is 27.5 Å². The van der Waals surface area contributed by atoms with Crippen molar-refractivity contribution in [2.24, 2.45) is 5.92 Å². The van der Waals surface area contributed by atoms with E-state index in [1.54, 1.807) is 13.0 Å². The van der Waals surface area contributed by atoms with E-state index < -0.39 is 5.97 Å². The van der Waals surface area contributed by atoms with Gasteiger partial charge in [0.25, 0.3) is 0 Å². The van der Waals surface area contributed by atoms with Gasteiger partial charge in [-0.1, -0.05) is 23.2 Å². The molecule has 0 bridgehead atoms. The van der Waals surface area contributed by atoms with Crippen LogP contribution in [0.25, 0.3) is 11.1 Å². The summed E-state index contributed by atoms with van der Waals surface area (Å²) >= 11 is 12.7. The molecule has 2 fully saturated rings. The van der Waals surface area contributed by atoms with Crippen LogP contribution < -0.4 is 20.1 Å². The lowest BCUT2D eigenvalue weighted by atomic mass is 9.96. The van der Waals surface area contributed by atoms with Crippen LogP contribution in [0.4, 0.5) is 0 Å². The van der Waals surface area contributed by atoms with Crippen LogP contribution in [0, 0.1) is 5.92 Å². The molecule has 0 saturated carbocycles. The smallest absolute Gasteiger partial charge is 0.330 e. The molecule has 3 heterocycles. The molecule has 2 saturated heterocycles. The number of likely N-dealkylation sites (tertiary alicyclic amines) is 1. The van der Waals surface area contributed by atoms with Crippen LogP contribution in [0.1, 0.15) is 32.3 Å². The maximum absolute atomic E-state index is 12.7. The van der Waals surface area contributed by atoms with Gasteiger partial charge in [0, 0.05) is 56.2 Å². The van der Waals surface area contributed by atoms with Crippen molar-refractivity contribution in [1.82, 2.24) is 30.4 Å². The Labute approximate surface area is 268 Å². The van der Waals surface area contributed by atoms with Crippen molar-refractivity contribution in [3.05, 3.63) is 64.4 Å².